The summed E-state index contributed by atoms with van der Waals surface area (Å²) < 4.78 is 1.82. The first-order chi connectivity index (χ1) is 10.8. The largest absolute Gasteiger partial charge is 0.339 e. The lowest BCUT2D eigenvalue weighted by Crippen LogP contribution is -2.51. The fourth-order valence-electron chi connectivity index (χ4n) is 2.80. The van der Waals surface area contributed by atoms with E-state index in [1.807, 2.05) is 50.4 Å². The van der Waals surface area contributed by atoms with Crippen molar-refractivity contribution in [1.29, 1.82) is 0 Å². The van der Waals surface area contributed by atoms with Gasteiger partial charge in [-0.3, -0.25) is 14.3 Å². The molecule has 2 amide bonds. The molecule has 0 saturated carbocycles. The molecule has 0 bridgehead atoms. The monoisotopic (exact) mass is 318 g/mol. The van der Waals surface area contributed by atoms with E-state index in [4.69, 9.17) is 0 Å². The van der Waals surface area contributed by atoms with Crippen molar-refractivity contribution in [3.63, 3.8) is 0 Å². The molecule has 0 radical (unpaired) electrons. The second-order valence-electron chi connectivity index (χ2n) is 6.35. The van der Waals surface area contributed by atoms with Gasteiger partial charge in [-0.15, -0.1) is 0 Å². The lowest BCUT2D eigenvalue weighted by atomic mass is 10.1. The van der Waals surface area contributed by atoms with Crippen LogP contribution in [0.15, 0.2) is 6.08 Å². The van der Waals surface area contributed by atoms with Crippen LogP contribution in [-0.2, 0) is 16.6 Å². The summed E-state index contributed by atoms with van der Waals surface area (Å²) in [5.74, 6) is 0.159. The van der Waals surface area contributed by atoms with Crippen LogP contribution in [0.25, 0.3) is 6.08 Å². The molecule has 1 aromatic heterocycles. The third kappa shape index (κ3) is 3.81. The first-order valence-corrected chi connectivity index (χ1v) is 8.07. The van der Waals surface area contributed by atoms with E-state index in [9.17, 15) is 9.59 Å². The Morgan fingerprint density at radius 3 is 2.13 bits per heavy atom. The number of aryl methyl sites for hydroxylation is 2. The van der Waals surface area contributed by atoms with Crippen molar-refractivity contribution in [3.8, 4) is 0 Å². The molecule has 1 aliphatic rings. The van der Waals surface area contributed by atoms with Gasteiger partial charge in [-0.25, -0.2) is 0 Å². The van der Waals surface area contributed by atoms with Crippen molar-refractivity contribution < 1.29 is 9.59 Å². The van der Waals surface area contributed by atoms with Crippen LogP contribution in [0, 0.1) is 19.8 Å². The zero-order chi connectivity index (χ0) is 17.1. The maximum Gasteiger partial charge on any atom is 0.246 e. The number of carbonyl (C=O) groups is 2. The Balaban J connectivity index is 1.95. The van der Waals surface area contributed by atoms with Gasteiger partial charge in [0.25, 0.3) is 0 Å². The van der Waals surface area contributed by atoms with Crippen molar-refractivity contribution in [2.75, 3.05) is 26.2 Å². The second kappa shape index (κ2) is 6.98. The smallest absolute Gasteiger partial charge is 0.246 e. The summed E-state index contributed by atoms with van der Waals surface area (Å²) >= 11 is 0. The third-order valence-electron chi connectivity index (χ3n) is 4.35. The average molecular weight is 318 g/mol. The summed E-state index contributed by atoms with van der Waals surface area (Å²) in [5, 5.41) is 4.34. The van der Waals surface area contributed by atoms with Crippen molar-refractivity contribution in [2.24, 2.45) is 13.0 Å². The Hall–Kier alpha value is -2.11. The normalized spacial score (nSPS) is 15.7. The highest BCUT2D eigenvalue weighted by atomic mass is 16.2. The number of nitrogens with zero attached hydrogens (tertiary/aromatic N) is 4. The van der Waals surface area contributed by atoms with Crippen LogP contribution in [0.4, 0.5) is 0 Å². The standard InChI is InChI=1S/C17H26N4O2/c1-12(2)17(23)21-10-8-20(9-11-21)16(22)7-6-15-13(3)18-19(5)14(15)4/h6-7,12H,8-11H2,1-5H3/b7-6+. The number of hydrogen-bond donors (Lipinski definition) is 0. The first kappa shape index (κ1) is 17.2. The molecule has 1 fully saturated rings. The Kier molecular flexibility index (Phi) is 5.23. The summed E-state index contributed by atoms with van der Waals surface area (Å²) in [7, 11) is 1.90. The highest BCUT2D eigenvalue weighted by Crippen LogP contribution is 2.14. The Morgan fingerprint density at radius 1 is 1.09 bits per heavy atom. The van der Waals surface area contributed by atoms with E-state index in [1.165, 1.54) is 0 Å². The van der Waals surface area contributed by atoms with Gasteiger partial charge in [-0.2, -0.15) is 5.10 Å². The molecule has 0 aliphatic carbocycles. The highest BCUT2D eigenvalue weighted by molar-refractivity contribution is 5.92. The number of aromatic nitrogens is 2. The van der Waals surface area contributed by atoms with Gasteiger partial charge in [0.15, 0.2) is 0 Å². The van der Waals surface area contributed by atoms with Gasteiger partial charge >= 0.3 is 0 Å². The quantitative estimate of drug-likeness (QED) is 0.791. The molecule has 2 rings (SSSR count). The highest BCUT2D eigenvalue weighted by Gasteiger charge is 2.24. The summed E-state index contributed by atoms with van der Waals surface area (Å²) in [4.78, 5) is 27.9. The topological polar surface area (TPSA) is 58.4 Å². The van der Waals surface area contributed by atoms with Crippen LogP contribution < -0.4 is 0 Å². The lowest BCUT2D eigenvalue weighted by molar-refractivity contribution is -0.139. The molecule has 6 heteroatoms. The van der Waals surface area contributed by atoms with Crippen LogP contribution in [0.2, 0.25) is 0 Å². The summed E-state index contributed by atoms with van der Waals surface area (Å²) in [5.41, 5.74) is 2.95. The SMILES string of the molecule is Cc1nn(C)c(C)c1/C=C/C(=O)N1CCN(C(=O)C(C)C)CC1. The number of piperazine rings is 1. The van der Waals surface area contributed by atoms with E-state index in [0.717, 1.165) is 17.0 Å². The Bertz CT molecular complexity index is 623. The molecule has 6 nitrogen and oxygen atoms in total. The molecule has 1 aromatic rings. The van der Waals surface area contributed by atoms with Gasteiger partial charge in [-0.05, 0) is 19.9 Å². The molecule has 0 N–H and O–H groups in total. The van der Waals surface area contributed by atoms with Crippen LogP contribution in [0.5, 0.6) is 0 Å². The lowest BCUT2D eigenvalue weighted by Gasteiger charge is -2.35. The van der Waals surface area contributed by atoms with E-state index in [1.54, 1.807) is 11.0 Å². The zero-order valence-corrected chi connectivity index (χ0v) is 14.7. The van der Waals surface area contributed by atoms with Gasteiger partial charge in [0.1, 0.15) is 0 Å². The van der Waals surface area contributed by atoms with Crippen molar-refractivity contribution >= 4 is 17.9 Å². The summed E-state index contributed by atoms with van der Waals surface area (Å²) in [6.45, 7) is 10.1. The van der Waals surface area contributed by atoms with Gasteiger partial charge in [0.05, 0.1) is 5.69 Å². The fourth-order valence-corrected chi connectivity index (χ4v) is 2.80. The first-order valence-electron chi connectivity index (χ1n) is 8.07. The van der Waals surface area contributed by atoms with E-state index in [-0.39, 0.29) is 17.7 Å². The van der Waals surface area contributed by atoms with Crippen LogP contribution in [0.3, 0.4) is 0 Å². The third-order valence-corrected chi connectivity index (χ3v) is 4.35. The van der Waals surface area contributed by atoms with E-state index < -0.39 is 0 Å². The van der Waals surface area contributed by atoms with Gasteiger partial charge in [-0.1, -0.05) is 13.8 Å². The van der Waals surface area contributed by atoms with Crippen molar-refractivity contribution in [1.82, 2.24) is 19.6 Å². The summed E-state index contributed by atoms with van der Waals surface area (Å²) in [6.07, 6.45) is 3.45. The predicted molar refractivity (Wildman–Crippen MR) is 89.7 cm³/mol. The van der Waals surface area contributed by atoms with Crippen molar-refractivity contribution in [2.45, 2.75) is 27.7 Å². The zero-order valence-electron chi connectivity index (χ0n) is 14.7. The molecule has 1 saturated heterocycles. The molecule has 2 heterocycles. The number of amides is 2. The van der Waals surface area contributed by atoms with E-state index >= 15 is 0 Å². The van der Waals surface area contributed by atoms with Crippen molar-refractivity contribution in [3.05, 3.63) is 23.0 Å². The molecular formula is C17H26N4O2. The minimum absolute atomic E-state index is 0.00804. The Morgan fingerprint density at radius 2 is 1.65 bits per heavy atom. The fraction of sp³-hybridized carbons (Fsp3) is 0.588. The van der Waals surface area contributed by atoms with Gasteiger partial charge < -0.3 is 9.80 Å². The van der Waals surface area contributed by atoms with E-state index in [0.29, 0.717) is 26.2 Å². The molecule has 0 unspecified atom stereocenters. The number of hydrogen-bond acceptors (Lipinski definition) is 3. The second-order valence-corrected chi connectivity index (χ2v) is 6.35. The molecule has 0 spiro atoms. The van der Waals surface area contributed by atoms with E-state index in [2.05, 4.69) is 5.10 Å². The average Bonchev–Trinajstić information content (AvgIpc) is 2.77. The number of rotatable bonds is 3. The Labute approximate surface area is 137 Å². The number of carbonyl (C=O) groups excluding carboxylic acids is 2. The molecule has 1 aliphatic heterocycles. The van der Waals surface area contributed by atoms with Crippen LogP contribution >= 0.6 is 0 Å². The predicted octanol–water partition coefficient (Wildman–Crippen LogP) is 1.38. The molecule has 0 aromatic carbocycles. The summed E-state index contributed by atoms with van der Waals surface area (Å²) in [6, 6.07) is 0. The van der Waals surface area contributed by atoms with Gasteiger partial charge in [0, 0.05) is 56.5 Å². The maximum absolute atomic E-state index is 12.3. The molecular weight excluding hydrogens is 292 g/mol. The molecule has 23 heavy (non-hydrogen) atoms. The van der Waals surface area contributed by atoms with Crippen LogP contribution in [0.1, 0.15) is 30.8 Å². The minimum atomic E-state index is -0.00991. The van der Waals surface area contributed by atoms with Gasteiger partial charge in [0.2, 0.25) is 11.8 Å². The minimum Gasteiger partial charge on any atom is -0.339 e. The molecule has 126 valence electrons. The maximum atomic E-state index is 12.3. The molecule has 0 atom stereocenters. The van der Waals surface area contributed by atoms with Crippen LogP contribution in [-0.4, -0.2) is 57.6 Å².